The molecule has 0 N–H and O–H groups in total. The molecule has 1 atom stereocenters. The van der Waals surface area contributed by atoms with Crippen LogP contribution in [-0.4, -0.2) is 37.2 Å². The molecule has 0 saturated heterocycles. The van der Waals surface area contributed by atoms with Gasteiger partial charge in [-0.1, -0.05) is 222 Å². The van der Waals surface area contributed by atoms with Crippen LogP contribution in [0.25, 0.3) is 0 Å². The van der Waals surface area contributed by atoms with Crippen LogP contribution in [-0.2, 0) is 28.6 Å². The summed E-state index contributed by atoms with van der Waals surface area (Å²) in [5.41, 5.74) is 0. The SMILES string of the molecule is CCCCC/C=C\C/C=C\C/C=C\C/C=C\C/C=C\CCC(=O)O[C@H](COC(=O)CCCCCCC/C=C\CCCCCCCC)COC(=O)CCCCCCCCCCCCC. The minimum Gasteiger partial charge on any atom is -0.462 e. The molecule has 362 valence electrons. The van der Waals surface area contributed by atoms with Gasteiger partial charge in [-0.15, -0.1) is 0 Å². The van der Waals surface area contributed by atoms with E-state index in [-0.39, 0.29) is 31.6 Å². The molecule has 0 radical (unpaired) electrons. The molecule has 6 heteroatoms. The van der Waals surface area contributed by atoms with E-state index in [0.717, 1.165) is 70.6 Å². The highest BCUT2D eigenvalue weighted by Gasteiger charge is 2.19. The number of hydrogen-bond acceptors (Lipinski definition) is 6. The second-order valence-electron chi connectivity index (χ2n) is 17.4. The maximum atomic E-state index is 12.8. The zero-order chi connectivity index (χ0) is 45.8. The molecule has 0 unspecified atom stereocenters. The summed E-state index contributed by atoms with van der Waals surface area (Å²) < 4.78 is 16.7. The number of allylic oxidation sites excluding steroid dienone is 12. The smallest absolute Gasteiger partial charge is 0.306 e. The lowest BCUT2D eigenvalue weighted by Crippen LogP contribution is -2.30. The molecule has 0 rings (SSSR count). The molecule has 0 aliphatic heterocycles. The average Bonchev–Trinajstić information content (AvgIpc) is 3.28. The zero-order valence-electron chi connectivity index (χ0n) is 41.3. The summed E-state index contributed by atoms with van der Waals surface area (Å²) in [4.78, 5) is 37.9. The molecule has 6 nitrogen and oxygen atoms in total. The van der Waals surface area contributed by atoms with E-state index in [1.807, 2.05) is 6.08 Å². The van der Waals surface area contributed by atoms with Gasteiger partial charge in [0.05, 0.1) is 0 Å². The van der Waals surface area contributed by atoms with Crippen molar-refractivity contribution in [1.29, 1.82) is 0 Å². The molecule has 0 heterocycles. The van der Waals surface area contributed by atoms with E-state index in [1.54, 1.807) is 0 Å². The van der Waals surface area contributed by atoms with Crippen LogP contribution < -0.4 is 0 Å². The van der Waals surface area contributed by atoms with Gasteiger partial charge < -0.3 is 14.2 Å². The number of carbonyl (C=O) groups is 3. The highest BCUT2D eigenvalue weighted by molar-refractivity contribution is 5.71. The van der Waals surface area contributed by atoms with E-state index in [9.17, 15) is 14.4 Å². The Hall–Kier alpha value is -3.15. The van der Waals surface area contributed by atoms with Crippen molar-refractivity contribution in [2.75, 3.05) is 13.2 Å². The average molecular weight is 879 g/mol. The highest BCUT2D eigenvalue weighted by atomic mass is 16.6. The largest absolute Gasteiger partial charge is 0.462 e. The Labute approximate surface area is 389 Å². The molecule has 0 saturated carbocycles. The number of carbonyl (C=O) groups excluding carboxylic acids is 3. The van der Waals surface area contributed by atoms with Crippen LogP contribution in [0.3, 0.4) is 0 Å². The predicted octanol–water partition coefficient (Wildman–Crippen LogP) is 17.4. The van der Waals surface area contributed by atoms with Gasteiger partial charge in [0.1, 0.15) is 13.2 Å². The van der Waals surface area contributed by atoms with Gasteiger partial charge in [0.2, 0.25) is 0 Å². The number of hydrogen-bond donors (Lipinski definition) is 0. The Morgan fingerprint density at radius 1 is 0.317 bits per heavy atom. The molecule has 63 heavy (non-hydrogen) atoms. The lowest BCUT2D eigenvalue weighted by molar-refractivity contribution is -0.166. The third-order valence-corrected chi connectivity index (χ3v) is 11.2. The summed E-state index contributed by atoms with van der Waals surface area (Å²) in [7, 11) is 0. The second kappa shape index (κ2) is 51.5. The summed E-state index contributed by atoms with van der Waals surface area (Å²) in [6, 6.07) is 0. The molecule has 0 aliphatic rings. The maximum Gasteiger partial charge on any atom is 0.306 e. The van der Waals surface area contributed by atoms with E-state index >= 15 is 0 Å². The van der Waals surface area contributed by atoms with Crippen molar-refractivity contribution in [2.45, 2.75) is 258 Å². The van der Waals surface area contributed by atoms with Gasteiger partial charge >= 0.3 is 17.9 Å². The fourth-order valence-electron chi connectivity index (χ4n) is 7.18. The van der Waals surface area contributed by atoms with Crippen molar-refractivity contribution in [3.63, 3.8) is 0 Å². The molecular formula is C57H98O6. The van der Waals surface area contributed by atoms with Crippen LogP contribution in [0.4, 0.5) is 0 Å². The molecule has 0 aromatic heterocycles. The fraction of sp³-hybridized carbons (Fsp3) is 0.737. The van der Waals surface area contributed by atoms with Crippen molar-refractivity contribution in [3.8, 4) is 0 Å². The van der Waals surface area contributed by atoms with Crippen LogP contribution in [0.15, 0.2) is 72.9 Å². The molecule has 0 spiro atoms. The lowest BCUT2D eigenvalue weighted by atomic mass is 10.1. The van der Waals surface area contributed by atoms with Crippen LogP contribution in [0.2, 0.25) is 0 Å². The summed E-state index contributed by atoms with van der Waals surface area (Å²) in [5.74, 6) is -0.996. The van der Waals surface area contributed by atoms with Crippen molar-refractivity contribution in [2.24, 2.45) is 0 Å². The highest BCUT2D eigenvalue weighted by Crippen LogP contribution is 2.14. The van der Waals surface area contributed by atoms with Crippen LogP contribution in [0.1, 0.15) is 252 Å². The first-order chi connectivity index (χ1) is 31.0. The Balaban J connectivity index is 4.49. The van der Waals surface area contributed by atoms with E-state index in [1.165, 1.54) is 135 Å². The van der Waals surface area contributed by atoms with Gasteiger partial charge in [0, 0.05) is 19.3 Å². The first-order valence-corrected chi connectivity index (χ1v) is 26.4. The van der Waals surface area contributed by atoms with E-state index < -0.39 is 12.1 Å². The zero-order valence-corrected chi connectivity index (χ0v) is 41.3. The lowest BCUT2D eigenvalue weighted by Gasteiger charge is -2.18. The number of unbranched alkanes of at least 4 members (excludes halogenated alkanes) is 24. The topological polar surface area (TPSA) is 78.9 Å². The summed E-state index contributed by atoms with van der Waals surface area (Å²) in [6.45, 7) is 6.53. The molecule has 0 bridgehead atoms. The minimum absolute atomic E-state index is 0.106. The molecule has 0 aliphatic carbocycles. The van der Waals surface area contributed by atoms with Gasteiger partial charge in [0.25, 0.3) is 0 Å². The predicted molar refractivity (Wildman–Crippen MR) is 270 cm³/mol. The summed E-state index contributed by atoms with van der Waals surface area (Å²) >= 11 is 0. The number of esters is 3. The Morgan fingerprint density at radius 3 is 1.00 bits per heavy atom. The second-order valence-corrected chi connectivity index (χ2v) is 17.4. The van der Waals surface area contributed by atoms with E-state index in [2.05, 4.69) is 87.6 Å². The first-order valence-electron chi connectivity index (χ1n) is 26.4. The minimum atomic E-state index is -0.815. The Kier molecular flexibility index (Phi) is 48.9. The third-order valence-electron chi connectivity index (χ3n) is 11.2. The van der Waals surface area contributed by atoms with Crippen LogP contribution in [0, 0.1) is 0 Å². The van der Waals surface area contributed by atoms with Gasteiger partial charge in [-0.2, -0.15) is 0 Å². The van der Waals surface area contributed by atoms with Crippen molar-refractivity contribution < 1.29 is 28.6 Å². The molecule has 0 aromatic carbocycles. The van der Waals surface area contributed by atoms with Gasteiger partial charge in [0.15, 0.2) is 6.10 Å². The van der Waals surface area contributed by atoms with E-state index in [4.69, 9.17) is 14.2 Å². The fourth-order valence-corrected chi connectivity index (χ4v) is 7.18. The summed E-state index contributed by atoms with van der Waals surface area (Å²) in [6.07, 6.45) is 64.7. The molecular weight excluding hydrogens is 781 g/mol. The van der Waals surface area contributed by atoms with E-state index in [0.29, 0.717) is 19.3 Å². The van der Waals surface area contributed by atoms with Crippen LogP contribution in [0.5, 0.6) is 0 Å². The van der Waals surface area contributed by atoms with Crippen LogP contribution >= 0.6 is 0 Å². The van der Waals surface area contributed by atoms with Gasteiger partial charge in [-0.25, -0.2) is 0 Å². The quantitative estimate of drug-likeness (QED) is 0.0262. The molecule has 0 aromatic rings. The summed E-state index contributed by atoms with van der Waals surface area (Å²) in [5, 5.41) is 0. The first kappa shape index (κ1) is 59.9. The maximum absolute atomic E-state index is 12.8. The standard InChI is InChI=1S/C57H98O6/c1-4-7-10-13-16-19-22-24-26-27-28-29-31-33-36-39-42-45-48-51-57(60)63-54(52-61-55(58)49-46-43-40-37-34-21-18-15-12-9-6-3)53-62-56(59)50-47-44-41-38-35-32-30-25-23-20-17-14-11-8-5-2/h16,19,24-26,28-30,33,36,42,45,54H,4-15,17-18,20-23,27,31-32,34-35,37-41,43-44,46-53H2,1-3H3/b19-16-,26-24-,29-28-,30-25-,36-33-,45-42-/t54-/m0/s1. The van der Waals surface area contributed by atoms with Gasteiger partial charge in [-0.3, -0.25) is 14.4 Å². The normalized spacial score (nSPS) is 12.6. The Morgan fingerprint density at radius 2 is 0.603 bits per heavy atom. The van der Waals surface area contributed by atoms with Crippen molar-refractivity contribution in [1.82, 2.24) is 0 Å². The number of ether oxygens (including phenoxy) is 3. The third kappa shape index (κ3) is 49.7. The molecule has 0 fully saturated rings. The van der Waals surface area contributed by atoms with Crippen molar-refractivity contribution in [3.05, 3.63) is 72.9 Å². The Bertz CT molecular complexity index is 1190. The monoisotopic (exact) mass is 879 g/mol. The van der Waals surface area contributed by atoms with Gasteiger partial charge in [-0.05, 0) is 83.5 Å². The number of rotatable bonds is 47. The van der Waals surface area contributed by atoms with Crippen molar-refractivity contribution >= 4 is 17.9 Å². The molecule has 0 amide bonds.